The minimum Gasteiger partial charge on any atom is -0.462 e. The molecule has 1 saturated heterocycles. The van der Waals surface area contributed by atoms with Gasteiger partial charge in [-0.15, -0.1) is 11.3 Å². The van der Waals surface area contributed by atoms with Crippen LogP contribution in [0.5, 0.6) is 0 Å². The van der Waals surface area contributed by atoms with Crippen molar-refractivity contribution >= 4 is 28.3 Å². The Balaban J connectivity index is 1.59. The third-order valence-corrected chi connectivity index (χ3v) is 6.05. The number of rotatable bonds is 6. The highest BCUT2D eigenvalue weighted by atomic mass is 32.1. The van der Waals surface area contributed by atoms with Gasteiger partial charge in [0.2, 0.25) is 0 Å². The average molecular weight is 383 g/mol. The van der Waals surface area contributed by atoms with E-state index in [0.717, 1.165) is 64.1 Å². The fourth-order valence-corrected chi connectivity index (χ4v) is 4.76. The van der Waals surface area contributed by atoms with Crippen molar-refractivity contribution in [1.82, 2.24) is 5.32 Å². The normalized spacial score (nSPS) is 17.4. The molecule has 0 saturated carbocycles. The maximum Gasteiger partial charge on any atom is 0.341 e. The number of quaternary nitrogens is 1. The number of nitrogens with one attached hydrogen (secondary N) is 3. The molecule has 1 aromatic heterocycles. The predicted molar refractivity (Wildman–Crippen MR) is 100 cm³/mol. The summed E-state index contributed by atoms with van der Waals surface area (Å²) >= 11 is 1.51. The fraction of sp³-hybridized carbons (Fsp3) is 0.667. The van der Waals surface area contributed by atoms with Crippen LogP contribution in [0, 0.1) is 0 Å². The van der Waals surface area contributed by atoms with Crippen LogP contribution >= 0.6 is 11.3 Å². The summed E-state index contributed by atoms with van der Waals surface area (Å²) < 4.78 is 10.6. The third kappa shape index (κ3) is 4.75. The summed E-state index contributed by atoms with van der Waals surface area (Å²) in [5.74, 6) is -0.333. The van der Waals surface area contributed by atoms with Crippen molar-refractivity contribution in [2.45, 2.75) is 32.6 Å². The first-order chi connectivity index (χ1) is 12.7. The van der Waals surface area contributed by atoms with Gasteiger partial charge in [0.05, 0.1) is 38.5 Å². The summed E-state index contributed by atoms with van der Waals surface area (Å²) in [7, 11) is 0. The Morgan fingerprint density at radius 2 is 2.00 bits per heavy atom. The average Bonchev–Trinajstić information content (AvgIpc) is 3.00. The number of aryl methyl sites for hydroxylation is 1. The number of urea groups is 1. The molecule has 1 aliphatic carbocycles. The highest BCUT2D eigenvalue weighted by Crippen LogP contribution is 2.38. The van der Waals surface area contributed by atoms with Gasteiger partial charge in [0.1, 0.15) is 18.1 Å². The fourth-order valence-electron chi connectivity index (χ4n) is 3.48. The minimum absolute atomic E-state index is 0.262. The standard InChI is InChI=1S/C18H27N3O4S/c1-2-25-17(22)15-13-5-3-4-6-14(13)26-16(15)20-18(23)19-7-8-21-9-11-24-12-10-21/h2-12H2,1H3,(H2,19,20,23)/p+1. The Labute approximate surface area is 158 Å². The number of anilines is 1. The maximum absolute atomic E-state index is 12.4. The lowest BCUT2D eigenvalue weighted by atomic mass is 9.95. The molecule has 2 aliphatic rings. The molecule has 7 nitrogen and oxygen atoms in total. The number of hydrogen-bond acceptors (Lipinski definition) is 5. The molecule has 1 aromatic rings. The number of carbonyl (C=O) groups is 2. The first-order valence-corrected chi connectivity index (χ1v) is 10.3. The second-order valence-electron chi connectivity index (χ2n) is 6.63. The van der Waals surface area contributed by atoms with Crippen molar-refractivity contribution in [2.75, 3.05) is 51.3 Å². The quantitative estimate of drug-likeness (QED) is 0.637. The molecule has 2 amide bonds. The van der Waals surface area contributed by atoms with Crippen LogP contribution in [0.25, 0.3) is 0 Å². The van der Waals surface area contributed by atoms with Gasteiger partial charge in [-0.25, -0.2) is 9.59 Å². The molecule has 0 atom stereocenters. The van der Waals surface area contributed by atoms with Crippen molar-refractivity contribution in [3.8, 4) is 0 Å². The van der Waals surface area contributed by atoms with Crippen molar-refractivity contribution in [1.29, 1.82) is 0 Å². The van der Waals surface area contributed by atoms with Crippen LogP contribution in [0.3, 0.4) is 0 Å². The minimum atomic E-state index is -0.333. The highest BCUT2D eigenvalue weighted by Gasteiger charge is 2.27. The van der Waals surface area contributed by atoms with E-state index in [2.05, 4.69) is 10.6 Å². The van der Waals surface area contributed by atoms with Crippen LogP contribution in [0.4, 0.5) is 9.80 Å². The van der Waals surface area contributed by atoms with Crippen molar-refractivity contribution in [3.63, 3.8) is 0 Å². The molecule has 1 fully saturated rings. The number of amides is 2. The lowest BCUT2D eigenvalue weighted by molar-refractivity contribution is -0.906. The summed E-state index contributed by atoms with van der Waals surface area (Å²) in [6, 6.07) is -0.262. The number of fused-ring (bicyclic) bond motifs is 1. The molecule has 3 rings (SSSR count). The molecule has 0 aromatic carbocycles. The van der Waals surface area contributed by atoms with Gasteiger partial charge in [-0.3, -0.25) is 5.32 Å². The monoisotopic (exact) mass is 382 g/mol. The summed E-state index contributed by atoms with van der Waals surface area (Å²) in [6.07, 6.45) is 4.05. The zero-order valence-corrected chi connectivity index (χ0v) is 16.1. The zero-order valence-electron chi connectivity index (χ0n) is 15.3. The number of carbonyl (C=O) groups excluding carboxylic acids is 2. The molecule has 144 valence electrons. The molecule has 1 aliphatic heterocycles. The van der Waals surface area contributed by atoms with Gasteiger partial charge in [-0.05, 0) is 38.2 Å². The van der Waals surface area contributed by atoms with Gasteiger partial charge in [0.25, 0.3) is 0 Å². The van der Waals surface area contributed by atoms with Crippen LogP contribution in [-0.2, 0) is 22.3 Å². The molecular weight excluding hydrogens is 354 g/mol. The van der Waals surface area contributed by atoms with Crippen LogP contribution < -0.4 is 15.5 Å². The van der Waals surface area contributed by atoms with Crippen molar-refractivity contribution in [2.24, 2.45) is 0 Å². The lowest BCUT2D eigenvalue weighted by Gasteiger charge is -2.23. The summed E-state index contributed by atoms with van der Waals surface area (Å²) in [5.41, 5.74) is 1.62. The van der Waals surface area contributed by atoms with Crippen LogP contribution in [0.2, 0.25) is 0 Å². The maximum atomic E-state index is 12.4. The van der Waals surface area contributed by atoms with Gasteiger partial charge in [0, 0.05) is 4.88 Å². The predicted octanol–water partition coefficient (Wildman–Crippen LogP) is 0.840. The van der Waals surface area contributed by atoms with Gasteiger partial charge < -0.3 is 19.7 Å². The molecule has 0 radical (unpaired) electrons. The Morgan fingerprint density at radius 3 is 2.77 bits per heavy atom. The summed E-state index contributed by atoms with van der Waals surface area (Å²) in [5, 5.41) is 6.40. The van der Waals surface area contributed by atoms with E-state index in [1.807, 2.05) is 0 Å². The number of morpholine rings is 1. The summed E-state index contributed by atoms with van der Waals surface area (Å²) in [4.78, 5) is 27.3. The van der Waals surface area contributed by atoms with Gasteiger partial charge in [-0.2, -0.15) is 0 Å². The van der Waals surface area contributed by atoms with E-state index in [1.165, 1.54) is 21.1 Å². The summed E-state index contributed by atoms with van der Waals surface area (Å²) in [6.45, 7) is 7.13. The number of ether oxygens (including phenoxy) is 2. The van der Waals surface area contributed by atoms with E-state index < -0.39 is 0 Å². The first-order valence-electron chi connectivity index (χ1n) is 9.47. The molecule has 8 heteroatoms. The van der Waals surface area contributed by atoms with Gasteiger partial charge in [-0.1, -0.05) is 0 Å². The van der Waals surface area contributed by atoms with Crippen molar-refractivity contribution in [3.05, 3.63) is 16.0 Å². The van der Waals surface area contributed by atoms with Crippen LogP contribution in [-0.4, -0.2) is 58.0 Å². The molecule has 0 unspecified atom stereocenters. The highest BCUT2D eigenvalue weighted by molar-refractivity contribution is 7.17. The third-order valence-electron chi connectivity index (χ3n) is 4.84. The topological polar surface area (TPSA) is 81.1 Å². The Kier molecular flexibility index (Phi) is 6.87. The molecule has 2 heterocycles. The van der Waals surface area contributed by atoms with Gasteiger partial charge in [0.15, 0.2) is 0 Å². The number of esters is 1. The van der Waals surface area contributed by atoms with Crippen LogP contribution in [0.1, 0.15) is 40.6 Å². The molecule has 26 heavy (non-hydrogen) atoms. The Hall–Kier alpha value is -1.64. The van der Waals surface area contributed by atoms with E-state index in [-0.39, 0.29) is 12.0 Å². The largest absolute Gasteiger partial charge is 0.462 e. The number of hydrogen-bond donors (Lipinski definition) is 3. The smallest absolute Gasteiger partial charge is 0.341 e. The molecule has 3 N–H and O–H groups in total. The second-order valence-corrected chi connectivity index (χ2v) is 7.73. The number of thiophene rings is 1. The van der Waals surface area contributed by atoms with E-state index in [0.29, 0.717) is 23.7 Å². The second kappa shape index (κ2) is 9.34. The Bertz CT molecular complexity index is 641. The van der Waals surface area contributed by atoms with Gasteiger partial charge >= 0.3 is 12.0 Å². The zero-order chi connectivity index (χ0) is 18.4. The first kappa shape index (κ1) is 19.1. The Morgan fingerprint density at radius 1 is 1.23 bits per heavy atom. The van der Waals surface area contributed by atoms with Crippen LogP contribution in [0.15, 0.2) is 0 Å². The van der Waals surface area contributed by atoms with E-state index in [4.69, 9.17) is 9.47 Å². The molecule has 0 spiro atoms. The molecular formula is C18H28N3O4S+. The van der Waals surface area contributed by atoms with E-state index in [9.17, 15) is 9.59 Å². The SMILES string of the molecule is CCOC(=O)c1c(NC(=O)NCC[NH+]2CCOCC2)sc2c1CCCC2. The van der Waals surface area contributed by atoms with E-state index >= 15 is 0 Å². The molecule has 0 bridgehead atoms. The lowest BCUT2D eigenvalue weighted by Crippen LogP contribution is -3.14. The van der Waals surface area contributed by atoms with E-state index in [1.54, 1.807) is 6.92 Å². The van der Waals surface area contributed by atoms with Crippen molar-refractivity contribution < 1.29 is 24.0 Å².